The van der Waals surface area contributed by atoms with Gasteiger partial charge in [0.15, 0.2) is 0 Å². The van der Waals surface area contributed by atoms with E-state index < -0.39 is 5.60 Å². The van der Waals surface area contributed by atoms with Gasteiger partial charge in [0.25, 0.3) is 0 Å². The predicted molar refractivity (Wildman–Crippen MR) is 82.2 cm³/mol. The molecule has 0 atom stereocenters. The lowest BCUT2D eigenvalue weighted by atomic mass is 9.72. The zero-order valence-corrected chi connectivity index (χ0v) is 13.0. The van der Waals surface area contributed by atoms with Crippen LogP contribution in [0.5, 0.6) is 0 Å². The van der Waals surface area contributed by atoms with Crippen molar-refractivity contribution in [2.45, 2.75) is 31.2 Å². The van der Waals surface area contributed by atoms with Crippen LogP contribution in [-0.4, -0.2) is 11.2 Å². The molecule has 0 amide bonds. The zero-order chi connectivity index (χ0) is 14.9. The summed E-state index contributed by atoms with van der Waals surface area (Å²) in [4.78, 5) is 0. The van der Waals surface area contributed by atoms with Gasteiger partial charge in [-0.15, -0.1) is 0 Å². The molecule has 0 spiro atoms. The Labute approximate surface area is 131 Å². The second kappa shape index (κ2) is 5.87. The minimum absolute atomic E-state index is 0.0401. The summed E-state index contributed by atoms with van der Waals surface area (Å²) in [6.07, 6.45) is 0.792. The number of benzene rings is 2. The Morgan fingerprint density at radius 2 is 1.86 bits per heavy atom. The number of halogens is 2. The van der Waals surface area contributed by atoms with Crippen LogP contribution < -0.4 is 0 Å². The van der Waals surface area contributed by atoms with E-state index in [4.69, 9.17) is 4.74 Å². The van der Waals surface area contributed by atoms with Gasteiger partial charge >= 0.3 is 0 Å². The van der Waals surface area contributed by atoms with E-state index in [1.807, 2.05) is 30.3 Å². The highest BCUT2D eigenvalue weighted by atomic mass is 79.9. The van der Waals surface area contributed by atoms with Crippen LogP contribution in [0.3, 0.4) is 0 Å². The van der Waals surface area contributed by atoms with E-state index in [-0.39, 0.29) is 11.9 Å². The van der Waals surface area contributed by atoms with Gasteiger partial charge < -0.3 is 9.84 Å². The highest BCUT2D eigenvalue weighted by molar-refractivity contribution is 9.10. The minimum Gasteiger partial charge on any atom is -0.385 e. The Hall–Kier alpha value is -1.23. The fourth-order valence-electron chi connectivity index (χ4n) is 2.75. The minimum atomic E-state index is -1.13. The highest BCUT2D eigenvalue weighted by Gasteiger charge is 2.47. The third kappa shape index (κ3) is 3.03. The van der Waals surface area contributed by atoms with Crippen molar-refractivity contribution in [3.8, 4) is 0 Å². The molecule has 2 aromatic carbocycles. The Morgan fingerprint density at radius 1 is 1.14 bits per heavy atom. The first-order valence-electron chi connectivity index (χ1n) is 6.91. The number of hydrogen-bond donors (Lipinski definition) is 1. The van der Waals surface area contributed by atoms with Crippen molar-refractivity contribution in [2.75, 3.05) is 0 Å². The van der Waals surface area contributed by atoms with Gasteiger partial charge in [-0.2, -0.15) is 0 Å². The lowest BCUT2D eigenvalue weighted by molar-refractivity contribution is -0.151. The quantitative estimate of drug-likeness (QED) is 0.897. The van der Waals surface area contributed by atoms with Crippen LogP contribution in [0.15, 0.2) is 53.0 Å². The number of hydrogen-bond acceptors (Lipinski definition) is 2. The molecule has 1 N–H and O–H groups in total. The second-order valence-electron chi connectivity index (χ2n) is 5.46. The van der Waals surface area contributed by atoms with Crippen molar-refractivity contribution in [3.63, 3.8) is 0 Å². The fourth-order valence-corrected chi connectivity index (χ4v) is 3.46. The van der Waals surface area contributed by atoms with Gasteiger partial charge in [-0.3, -0.25) is 0 Å². The van der Waals surface area contributed by atoms with E-state index in [1.165, 1.54) is 6.07 Å². The van der Waals surface area contributed by atoms with Crippen LogP contribution in [0, 0.1) is 5.82 Å². The van der Waals surface area contributed by atoms with Crippen molar-refractivity contribution in [3.05, 3.63) is 69.9 Å². The van der Waals surface area contributed by atoms with Gasteiger partial charge in [-0.25, -0.2) is 4.39 Å². The maximum absolute atomic E-state index is 13.9. The summed E-state index contributed by atoms with van der Waals surface area (Å²) in [5.74, 6) is -0.381. The molecule has 3 rings (SSSR count). The number of aliphatic hydroxyl groups is 1. The topological polar surface area (TPSA) is 29.5 Å². The second-order valence-corrected chi connectivity index (χ2v) is 6.31. The molecule has 0 unspecified atom stereocenters. The molecule has 1 fully saturated rings. The van der Waals surface area contributed by atoms with E-state index in [0.29, 0.717) is 29.5 Å². The smallest absolute Gasteiger partial charge is 0.130 e. The number of rotatable bonds is 4. The molecular formula is C17H16BrFO2. The lowest BCUT2D eigenvalue weighted by Crippen LogP contribution is -2.46. The molecular weight excluding hydrogens is 335 g/mol. The van der Waals surface area contributed by atoms with E-state index in [2.05, 4.69) is 15.9 Å². The molecule has 1 aliphatic rings. The Balaban J connectivity index is 1.62. The molecule has 1 saturated carbocycles. The highest BCUT2D eigenvalue weighted by Crippen LogP contribution is 2.46. The molecule has 0 bridgehead atoms. The fraction of sp³-hybridized carbons (Fsp3) is 0.294. The Kier molecular flexibility index (Phi) is 4.11. The third-order valence-electron chi connectivity index (χ3n) is 3.89. The summed E-state index contributed by atoms with van der Waals surface area (Å²) in [5.41, 5.74) is 0.301. The summed E-state index contributed by atoms with van der Waals surface area (Å²) in [5, 5.41) is 10.6. The molecule has 0 heterocycles. The standard InChI is InChI=1S/C17H16BrFO2/c18-14-7-4-8-15(19)16(14)17(20)9-13(10-17)21-11-12-5-2-1-3-6-12/h1-8,13,20H,9-11H2. The molecule has 0 saturated heterocycles. The molecule has 0 radical (unpaired) electrons. The van der Waals surface area contributed by atoms with E-state index >= 15 is 0 Å². The zero-order valence-electron chi connectivity index (χ0n) is 11.4. The van der Waals surface area contributed by atoms with E-state index in [0.717, 1.165) is 5.56 Å². The van der Waals surface area contributed by atoms with Gasteiger partial charge in [0.2, 0.25) is 0 Å². The predicted octanol–water partition coefficient (Wildman–Crippen LogP) is 4.16. The van der Waals surface area contributed by atoms with Crippen LogP contribution >= 0.6 is 15.9 Å². The van der Waals surface area contributed by atoms with Crippen molar-refractivity contribution in [1.82, 2.24) is 0 Å². The first-order chi connectivity index (χ1) is 10.1. The van der Waals surface area contributed by atoms with Gasteiger partial charge in [0.05, 0.1) is 18.3 Å². The van der Waals surface area contributed by atoms with Crippen LogP contribution in [0.25, 0.3) is 0 Å². The summed E-state index contributed by atoms with van der Waals surface area (Å²) in [7, 11) is 0. The summed E-state index contributed by atoms with van der Waals surface area (Å²) in [6.45, 7) is 0.514. The average Bonchev–Trinajstić information content (AvgIpc) is 2.43. The van der Waals surface area contributed by atoms with Gasteiger partial charge in [0.1, 0.15) is 5.82 Å². The maximum atomic E-state index is 13.9. The molecule has 0 aromatic heterocycles. The molecule has 110 valence electrons. The van der Waals surface area contributed by atoms with Gasteiger partial charge in [-0.1, -0.05) is 52.3 Å². The molecule has 1 aliphatic carbocycles. The molecule has 4 heteroatoms. The molecule has 0 aliphatic heterocycles. The first-order valence-corrected chi connectivity index (χ1v) is 7.70. The molecule has 2 nitrogen and oxygen atoms in total. The molecule has 21 heavy (non-hydrogen) atoms. The SMILES string of the molecule is OC1(c2c(F)cccc2Br)CC(OCc2ccccc2)C1. The maximum Gasteiger partial charge on any atom is 0.130 e. The monoisotopic (exact) mass is 350 g/mol. The summed E-state index contributed by atoms with van der Waals surface area (Å²) < 4.78 is 20.3. The Morgan fingerprint density at radius 3 is 2.52 bits per heavy atom. The lowest BCUT2D eigenvalue weighted by Gasteiger charge is -2.44. The van der Waals surface area contributed by atoms with E-state index in [1.54, 1.807) is 12.1 Å². The first kappa shape index (κ1) is 14.7. The van der Waals surface area contributed by atoms with Crippen molar-refractivity contribution < 1.29 is 14.2 Å². The number of ether oxygens (including phenoxy) is 1. The average molecular weight is 351 g/mol. The van der Waals surface area contributed by atoms with Crippen molar-refractivity contribution in [2.24, 2.45) is 0 Å². The molecule has 2 aromatic rings. The summed E-state index contributed by atoms with van der Waals surface area (Å²) >= 11 is 3.31. The van der Waals surface area contributed by atoms with Gasteiger partial charge in [0, 0.05) is 22.9 Å². The van der Waals surface area contributed by atoms with E-state index in [9.17, 15) is 9.50 Å². The van der Waals surface area contributed by atoms with Crippen molar-refractivity contribution >= 4 is 15.9 Å². The summed E-state index contributed by atoms with van der Waals surface area (Å²) in [6, 6.07) is 14.6. The van der Waals surface area contributed by atoms with Crippen molar-refractivity contribution in [1.29, 1.82) is 0 Å². The van der Waals surface area contributed by atoms with Crippen LogP contribution in [0.4, 0.5) is 4.39 Å². The normalized spacial score (nSPS) is 24.6. The van der Waals surface area contributed by atoms with Crippen LogP contribution in [0.2, 0.25) is 0 Å². The largest absolute Gasteiger partial charge is 0.385 e. The van der Waals surface area contributed by atoms with Crippen LogP contribution in [-0.2, 0) is 16.9 Å². The van der Waals surface area contributed by atoms with Gasteiger partial charge in [-0.05, 0) is 17.7 Å². The third-order valence-corrected chi connectivity index (χ3v) is 4.55. The Bertz CT molecular complexity index is 604. The van der Waals surface area contributed by atoms with Crippen LogP contribution in [0.1, 0.15) is 24.0 Å².